The lowest BCUT2D eigenvalue weighted by atomic mass is 9.74. The van der Waals surface area contributed by atoms with Gasteiger partial charge in [-0.2, -0.15) is 0 Å². The fourth-order valence-corrected chi connectivity index (χ4v) is 3.44. The molecule has 5 nitrogen and oxygen atoms in total. The minimum atomic E-state index is -0.192. The molecule has 5 heteroatoms. The maximum atomic E-state index is 12.1. The summed E-state index contributed by atoms with van der Waals surface area (Å²) in [7, 11) is 1.58. The first kappa shape index (κ1) is 13.1. The molecule has 19 heavy (non-hydrogen) atoms. The number of hydrogen-bond donors (Lipinski definition) is 1. The Kier molecular flexibility index (Phi) is 3.35. The van der Waals surface area contributed by atoms with Crippen LogP contribution in [-0.4, -0.2) is 48.1 Å². The number of hydrogen-bond acceptors (Lipinski definition) is 4. The van der Waals surface area contributed by atoms with Gasteiger partial charge in [-0.15, -0.1) is 0 Å². The van der Waals surface area contributed by atoms with Crippen molar-refractivity contribution >= 4 is 11.8 Å². The molecule has 0 aromatic heterocycles. The van der Waals surface area contributed by atoms with Gasteiger partial charge in [-0.3, -0.25) is 14.5 Å². The Balaban J connectivity index is 1.59. The van der Waals surface area contributed by atoms with Crippen molar-refractivity contribution in [1.29, 1.82) is 0 Å². The van der Waals surface area contributed by atoms with Crippen molar-refractivity contribution in [1.82, 2.24) is 10.2 Å². The first-order chi connectivity index (χ1) is 9.10. The molecule has 1 spiro atoms. The summed E-state index contributed by atoms with van der Waals surface area (Å²) in [5, 5.41) is 3.46. The van der Waals surface area contributed by atoms with E-state index < -0.39 is 0 Å². The predicted molar refractivity (Wildman–Crippen MR) is 69.5 cm³/mol. The van der Waals surface area contributed by atoms with Gasteiger partial charge in [0.1, 0.15) is 0 Å². The van der Waals surface area contributed by atoms with Gasteiger partial charge >= 0.3 is 0 Å². The normalized spacial score (nSPS) is 34.5. The predicted octanol–water partition coefficient (Wildman–Crippen LogP) is 0.825. The van der Waals surface area contributed by atoms with Gasteiger partial charge in [0.2, 0.25) is 11.8 Å². The number of ether oxygens (including phenoxy) is 1. The van der Waals surface area contributed by atoms with Gasteiger partial charge in [0.15, 0.2) is 0 Å². The quantitative estimate of drug-likeness (QED) is 0.752. The maximum Gasteiger partial charge on any atom is 0.246 e. The number of carbonyl (C=O) groups excluding carboxylic acids is 2. The van der Waals surface area contributed by atoms with E-state index in [2.05, 4.69) is 5.32 Å². The number of piperidine rings is 1. The van der Waals surface area contributed by atoms with Crippen molar-refractivity contribution in [2.24, 2.45) is 0 Å². The van der Waals surface area contributed by atoms with Gasteiger partial charge in [-0.1, -0.05) is 0 Å². The number of nitrogens with one attached hydrogen (secondary N) is 1. The highest BCUT2D eigenvalue weighted by molar-refractivity contribution is 6.00. The molecule has 2 atom stereocenters. The van der Waals surface area contributed by atoms with Crippen molar-refractivity contribution in [3.05, 3.63) is 0 Å². The lowest BCUT2D eigenvalue weighted by Gasteiger charge is -2.48. The minimum Gasteiger partial charge on any atom is -0.375 e. The van der Waals surface area contributed by atoms with Crippen molar-refractivity contribution in [3.8, 4) is 0 Å². The molecule has 2 heterocycles. The molecular formula is C14H22N2O3. The van der Waals surface area contributed by atoms with E-state index in [4.69, 9.17) is 4.74 Å². The number of likely N-dealkylation sites (N-methyl/N-ethyl adjacent to an activating group) is 1. The van der Waals surface area contributed by atoms with Crippen LogP contribution in [-0.2, 0) is 14.3 Å². The van der Waals surface area contributed by atoms with E-state index >= 15 is 0 Å². The highest BCUT2D eigenvalue weighted by Gasteiger charge is 2.43. The summed E-state index contributed by atoms with van der Waals surface area (Å²) in [4.78, 5) is 24.8. The summed E-state index contributed by atoms with van der Waals surface area (Å²) >= 11 is 0. The van der Waals surface area contributed by atoms with Crippen LogP contribution in [0.25, 0.3) is 0 Å². The Hall–Kier alpha value is -0.940. The van der Waals surface area contributed by atoms with Crippen molar-refractivity contribution < 1.29 is 14.3 Å². The van der Waals surface area contributed by atoms with E-state index in [0.717, 1.165) is 32.3 Å². The van der Waals surface area contributed by atoms with Crippen LogP contribution in [0.3, 0.4) is 0 Å². The van der Waals surface area contributed by atoms with E-state index in [9.17, 15) is 9.59 Å². The van der Waals surface area contributed by atoms with Crippen LogP contribution >= 0.6 is 0 Å². The molecule has 0 aromatic carbocycles. The number of amides is 2. The number of rotatable bonds is 2. The summed E-state index contributed by atoms with van der Waals surface area (Å²) in [6.45, 7) is 0.785. The molecule has 2 saturated heterocycles. The fraction of sp³-hybridized carbons (Fsp3) is 0.857. The monoisotopic (exact) mass is 266 g/mol. The van der Waals surface area contributed by atoms with Gasteiger partial charge in [0, 0.05) is 26.1 Å². The topological polar surface area (TPSA) is 58.6 Å². The molecule has 1 N–H and O–H groups in total. The van der Waals surface area contributed by atoms with Crippen LogP contribution in [0.1, 0.15) is 44.9 Å². The molecule has 0 radical (unpaired) electrons. The number of imide groups is 1. The molecule has 0 bridgehead atoms. The van der Waals surface area contributed by atoms with Gasteiger partial charge in [0.25, 0.3) is 0 Å². The van der Waals surface area contributed by atoms with E-state index in [0.29, 0.717) is 18.9 Å². The van der Waals surface area contributed by atoms with Crippen LogP contribution < -0.4 is 5.32 Å². The molecule has 1 saturated carbocycles. The molecular weight excluding hydrogens is 244 g/mol. The fourth-order valence-electron chi connectivity index (χ4n) is 3.44. The number of likely N-dealkylation sites (tertiary alicyclic amines) is 1. The van der Waals surface area contributed by atoms with Crippen molar-refractivity contribution in [2.45, 2.75) is 62.6 Å². The summed E-state index contributed by atoms with van der Waals surface area (Å²) in [6, 6.07) is 0.160. The lowest BCUT2D eigenvalue weighted by Crippen LogP contribution is -2.57. The Labute approximate surface area is 113 Å². The third-order valence-corrected chi connectivity index (χ3v) is 4.84. The van der Waals surface area contributed by atoms with Gasteiger partial charge < -0.3 is 10.1 Å². The van der Waals surface area contributed by atoms with Gasteiger partial charge in [-0.25, -0.2) is 0 Å². The molecule has 2 unspecified atom stereocenters. The van der Waals surface area contributed by atoms with Crippen molar-refractivity contribution in [2.75, 3.05) is 13.7 Å². The number of carbonyl (C=O) groups is 2. The van der Waals surface area contributed by atoms with E-state index in [-0.39, 0.29) is 23.5 Å². The second-order valence-corrected chi connectivity index (χ2v) is 6.12. The molecule has 2 aliphatic heterocycles. The molecule has 3 aliphatic rings. The number of nitrogens with zero attached hydrogens (tertiary/aromatic N) is 1. The summed E-state index contributed by atoms with van der Waals surface area (Å²) < 4.78 is 5.90. The summed E-state index contributed by atoms with van der Waals surface area (Å²) in [5.74, 6) is -0.143. The smallest absolute Gasteiger partial charge is 0.246 e. The highest BCUT2D eigenvalue weighted by atomic mass is 16.5. The Morgan fingerprint density at radius 1 is 1.32 bits per heavy atom. The minimum absolute atomic E-state index is 0.0644. The molecule has 3 fully saturated rings. The Bertz CT molecular complexity index is 392. The molecule has 1 aliphatic carbocycles. The van der Waals surface area contributed by atoms with Crippen LogP contribution in [0.15, 0.2) is 0 Å². The van der Waals surface area contributed by atoms with Crippen LogP contribution in [0.5, 0.6) is 0 Å². The molecule has 106 valence electrons. The second kappa shape index (κ2) is 4.87. The third kappa shape index (κ3) is 2.41. The summed E-state index contributed by atoms with van der Waals surface area (Å²) in [6.07, 6.45) is 6.63. The van der Waals surface area contributed by atoms with E-state index in [1.165, 1.54) is 11.3 Å². The zero-order chi connectivity index (χ0) is 13.5. The average molecular weight is 266 g/mol. The van der Waals surface area contributed by atoms with Gasteiger partial charge in [-0.05, 0) is 38.5 Å². The van der Waals surface area contributed by atoms with E-state index in [1.54, 1.807) is 7.05 Å². The highest BCUT2D eigenvalue weighted by Crippen LogP contribution is 2.42. The molecule has 3 rings (SSSR count). The first-order valence-corrected chi connectivity index (χ1v) is 7.30. The molecule has 0 aromatic rings. The van der Waals surface area contributed by atoms with Gasteiger partial charge in [0.05, 0.1) is 11.6 Å². The zero-order valence-electron chi connectivity index (χ0n) is 11.5. The Morgan fingerprint density at radius 3 is 2.79 bits per heavy atom. The SMILES string of the molecule is CN1C(=O)CCC(NC2CCOC3(CCC3)C2)C1=O. The zero-order valence-corrected chi connectivity index (χ0v) is 11.5. The molecule has 2 amide bonds. The van der Waals surface area contributed by atoms with Crippen LogP contribution in [0.4, 0.5) is 0 Å². The maximum absolute atomic E-state index is 12.1. The van der Waals surface area contributed by atoms with E-state index in [1.807, 2.05) is 0 Å². The first-order valence-electron chi connectivity index (χ1n) is 7.30. The Morgan fingerprint density at radius 2 is 2.11 bits per heavy atom. The average Bonchev–Trinajstić information content (AvgIpc) is 2.38. The van der Waals surface area contributed by atoms with Crippen LogP contribution in [0.2, 0.25) is 0 Å². The largest absolute Gasteiger partial charge is 0.375 e. The second-order valence-electron chi connectivity index (χ2n) is 6.12. The van der Waals surface area contributed by atoms with Crippen LogP contribution in [0, 0.1) is 0 Å². The van der Waals surface area contributed by atoms with Crippen molar-refractivity contribution in [3.63, 3.8) is 0 Å². The lowest BCUT2D eigenvalue weighted by molar-refractivity contribution is -0.151. The third-order valence-electron chi connectivity index (χ3n) is 4.84. The summed E-state index contributed by atoms with van der Waals surface area (Å²) in [5.41, 5.74) is 0.0926. The standard InChI is InChI=1S/C14H22N2O3/c1-16-12(17)4-3-11(13(16)18)15-10-5-8-19-14(9-10)6-2-7-14/h10-11,15H,2-9H2,1H3.